The quantitative estimate of drug-likeness (QED) is 0.914. The van der Waals surface area contributed by atoms with E-state index < -0.39 is 0 Å². The third-order valence-electron chi connectivity index (χ3n) is 5.10. The van der Waals surface area contributed by atoms with Crippen LogP contribution in [0.3, 0.4) is 0 Å². The number of carbonyl (C=O) groups is 2. The Labute approximate surface area is 152 Å². The fourth-order valence-electron chi connectivity index (χ4n) is 3.82. The first-order valence-electron chi connectivity index (χ1n) is 9.09. The zero-order chi connectivity index (χ0) is 19.0. The standard InChI is InChI=1S/C19H26N4O3/c1-12(2)21-9-7-16(8-10-21)23-17-6-5-15(20-13(3)24)11-18(17)22(14(4)25)19(23)26/h5-6,11-12,16H,7-10H2,1-4H3,(H,20,24). The SMILES string of the molecule is CC(=O)Nc1ccc2c(c1)n(C(C)=O)c(=O)n2C1CCN(C(C)C)CC1. The lowest BCUT2D eigenvalue weighted by Crippen LogP contribution is -2.41. The summed E-state index contributed by atoms with van der Waals surface area (Å²) in [6.07, 6.45) is 1.76. The van der Waals surface area contributed by atoms with Gasteiger partial charge in [-0.2, -0.15) is 0 Å². The highest BCUT2D eigenvalue weighted by Crippen LogP contribution is 2.28. The van der Waals surface area contributed by atoms with Crippen molar-refractivity contribution in [3.63, 3.8) is 0 Å². The van der Waals surface area contributed by atoms with Gasteiger partial charge in [0.2, 0.25) is 11.8 Å². The molecule has 1 N–H and O–H groups in total. The average Bonchev–Trinajstić information content (AvgIpc) is 2.85. The van der Waals surface area contributed by atoms with E-state index in [4.69, 9.17) is 0 Å². The van der Waals surface area contributed by atoms with Crippen molar-refractivity contribution < 1.29 is 9.59 Å². The van der Waals surface area contributed by atoms with Crippen molar-refractivity contribution in [2.45, 2.75) is 52.6 Å². The first-order chi connectivity index (χ1) is 12.3. The van der Waals surface area contributed by atoms with Gasteiger partial charge in [0.25, 0.3) is 0 Å². The fraction of sp³-hybridized carbons (Fsp3) is 0.526. The molecule has 2 heterocycles. The largest absolute Gasteiger partial charge is 0.336 e. The van der Waals surface area contributed by atoms with E-state index in [1.165, 1.54) is 18.4 Å². The van der Waals surface area contributed by atoms with E-state index in [0.717, 1.165) is 31.4 Å². The van der Waals surface area contributed by atoms with Crippen molar-refractivity contribution in [1.82, 2.24) is 14.0 Å². The topological polar surface area (TPSA) is 76.3 Å². The molecule has 7 nitrogen and oxygen atoms in total. The molecule has 0 aliphatic carbocycles. The summed E-state index contributed by atoms with van der Waals surface area (Å²) in [5.41, 5.74) is 1.56. The summed E-state index contributed by atoms with van der Waals surface area (Å²) in [5, 5.41) is 2.71. The Morgan fingerprint density at radius 2 is 1.77 bits per heavy atom. The molecule has 3 rings (SSSR count). The van der Waals surface area contributed by atoms with E-state index in [1.54, 1.807) is 16.7 Å². The van der Waals surface area contributed by atoms with E-state index in [0.29, 0.717) is 17.2 Å². The maximum Gasteiger partial charge on any atom is 0.336 e. The van der Waals surface area contributed by atoms with Crippen molar-refractivity contribution in [3.05, 3.63) is 28.7 Å². The lowest BCUT2D eigenvalue weighted by molar-refractivity contribution is -0.114. The van der Waals surface area contributed by atoms with E-state index in [-0.39, 0.29) is 23.5 Å². The summed E-state index contributed by atoms with van der Waals surface area (Å²) in [7, 11) is 0. The Morgan fingerprint density at radius 3 is 2.31 bits per heavy atom. The first kappa shape index (κ1) is 18.4. The van der Waals surface area contributed by atoms with Crippen LogP contribution >= 0.6 is 0 Å². The summed E-state index contributed by atoms with van der Waals surface area (Å²) >= 11 is 0. The molecule has 26 heavy (non-hydrogen) atoms. The number of carbonyl (C=O) groups excluding carboxylic acids is 2. The summed E-state index contributed by atoms with van der Waals surface area (Å²) in [4.78, 5) is 38.8. The molecular formula is C19H26N4O3. The van der Waals surface area contributed by atoms with Gasteiger partial charge in [0.1, 0.15) is 0 Å². The van der Waals surface area contributed by atoms with E-state index in [1.807, 2.05) is 6.07 Å². The van der Waals surface area contributed by atoms with Gasteiger partial charge < -0.3 is 10.2 Å². The minimum Gasteiger partial charge on any atom is -0.326 e. The van der Waals surface area contributed by atoms with Gasteiger partial charge in [0.05, 0.1) is 11.0 Å². The zero-order valence-electron chi connectivity index (χ0n) is 15.8. The second kappa shape index (κ2) is 7.07. The van der Waals surface area contributed by atoms with Crippen LogP contribution in [0.4, 0.5) is 5.69 Å². The van der Waals surface area contributed by atoms with Crippen molar-refractivity contribution in [3.8, 4) is 0 Å². The van der Waals surface area contributed by atoms with Crippen LogP contribution in [0.5, 0.6) is 0 Å². The Bertz CT molecular complexity index is 901. The smallest absolute Gasteiger partial charge is 0.326 e. The van der Waals surface area contributed by atoms with Crippen LogP contribution < -0.4 is 11.0 Å². The molecule has 1 aromatic heterocycles. The number of anilines is 1. The molecular weight excluding hydrogens is 332 g/mol. The van der Waals surface area contributed by atoms with Crippen LogP contribution in [0, 0.1) is 0 Å². The van der Waals surface area contributed by atoms with E-state index in [2.05, 4.69) is 24.1 Å². The molecule has 1 aliphatic rings. The number of hydrogen-bond acceptors (Lipinski definition) is 4. The Hall–Kier alpha value is -2.41. The number of aromatic nitrogens is 2. The Balaban J connectivity index is 2.06. The number of imidazole rings is 1. The molecule has 1 amide bonds. The van der Waals surface area contributed by atoms with Crippen molar-refractivity contribution in [1.29, 1.82) is 0 Å². The number of hydrogen-bond donors (Lipinski definition) is 1. The first-order valence-corrected chi connectivity index (χ1v) is 9.09. The Morgan fingerprint density at radius 1 is 1.12 bits per heavy atom. The molecule has 0 bridgehead atoms. The molecule has 1 aliphatic heterocycles. The van der Waals surface area contributed by atoms with Crippen LogP contribution in [0.15, 0.2) is 23.0 Å². The maximum atomic E-state index is 13.0. The highest BCUT2D eigenvalue weighted by atomic mass is 16.2. The second-order valence-corrected chi connectivity index (χ2v) is 7.25. The third kappa shape index (κ3) is 3.31. The van der Waals surface area contributed by atoms with E-state index >= 15 is 0 Å². The van der Waals surface area contributed by atoms with Gasteiger partial charge >= 0.3 is 5.69 Å². The van der Waals surface area contributed by atoms with Crippen LogP contribution in [0.25, 0.3) is 11.0 Å². The number of fused-ring (bicyclic) bond motifs is 1. The van der Waals surface area contributed by atoms with Gasteiger partial charge in [0.15, 0.2) is 0 Å². The average molecular weight is 358 g/mol. The lowest BCUT2D eigenvalue weighted by atomic mass is 10.0. The molecule has 0 saturated carbocycles. The predicted molar refractivity (Wildman–Crippen MR) is 102 cm³/mol. The maximum absolute atomic E-state index is 13.0. The third-order valence-corrected chi connectivity index (χ3v) is 5.10. The van der Waals surface area contributed by atoms with Gasteiger partial charge in [0, 0.05) is 44.7 Å². The zero-order valence-corrected chi connectivity index (χ0v) is 15.8. The van der Waals surface area contributed by atoms with Crippen LogP contribution in [0.2, 0.25) is 0 Å². The minimum atomic E-state index is -0.321. The van der Waals surface area contributed by atoms with Gasteiger partial charge in [-0.3, -0.25) is 14.2 Å². The molecule has 0 spiro atoms. The predicted octanol–water partition coefficient (Wildman–Crippen LogP) is 2.47. The Kier molecular flexibility index (Phi) is 5.00. The van der Waals surface area contributed by atoms with Gasteiger partial charge in [-0.15, -0.1) is 0 Å². The molecule has 1 aromatic carbocycles. The second-order valence-electron chi connectivity index (χ2n) is 7.25. The lowest BCUT2D eigenvalue weighted by Gasteiger charge is -2.35. The number of nitrogens with zero attached hydrogens (tertiary/aromatic N) is 3. The number of likely N-dealkylation sites (tertiary alicyclic amines) is 1. The van der Waals surface area contributed by atoms with Crippen LogP contribution in [0.1, 0.15) is 51.4 Å². The minimum absolute atomic E-state index is 0.0761. The molecule has 0 atom stereocenters. The molecule has 0 radical (unpaired) electrons. The summed E-state index contributed by atoms with van der Waals surface area (Å²) in [5.74, 6) is -0.514. The number of benzene rings is 1. The normalized spacial score (nSPS) is 16.3. The number of amides is 1. The monoisotopic (exact) mass is 358 g/mol. The number of piperidine rings is 1. The molecule has 1 fully saturated rings. The van der Waals surface area contributed by atoms with Crippen LogP contribution in [-0.2, 0) is 4.79 Å². The van der Waals surface area contributed by atoms with Crippen LogP contribution in [-0.4, -0.2) is 45.0 Å². The number of nitrogens with one attached hydrogen (secondary N) is 1. The molecule has 1 saturated heterocycles. The summed E-state index contributed by atoms with van der Waals surface area (Å²) < 4.78 is 2.96. The van der Waals surface area contributed by atoms with Gasteiger partial charge in [-0.05, 0) is 44.9 Å². The highest BCUT2D eigenvalue weighted by molar-refractivity contribution is 5.94. The number of rotatable bonds is 3. The van der Waals surface area contributed by atoms with Gasteiger partial charge in [-0.1, -0.05) is 0 Å². The summed E-state index contributed by atoms with van der Waals surface area (Å²) in [6.45, 7) is 9.04. The fourth-order valence-corrected chi connectivity index (χ4v) is 3.82. The molecule has 0 unspecified atom stereocenters. The van der Waals surface area contributed by atoms with E-state index in [9.17, 15) is 14.4 Å². The van der Waals surface area contributed by atoms with Crippen molar-refractivity contribution in [2.24, 2.45) is 0 Å². The summed E-state index contributed by atoms with van der Waals surface area (Å²) in [6, 6.07) is 5.85. The van der Waals surface area contributed by atoms with Gasteiger partial charge in [-0.25, -0.2) is 9.36 Å². The molecule has 7 heteroatoms. The van der Waals surface area contributed by atoms with Crippen molar-refractivity contribution in [2.75, 3.05) is 18.4 Å². The van der Waals surface area contributed by atoms with Crippen molar-refractivity contribution >= 4 is 28.5 Å². The molecule has 2 aromatic rings. The molecule has 140 valence electrons. The highest BCUT2D eigenvalue weighted by Gasteiger charge is 2.27.